The first kappa shape index (κ1) is 59.0. The van der Waals surface area contributed by atoms with Crippen molar-refractivity contribution in [3.8, 4) is 0 Å². The summed E-state index contributed by atoms with van der Waals surface area (Å²) in [5, 5.41) is 89.8. The first-order valence-electron chi connectivity index (χ1n) is 27.2. The molecule has 0 amide bonds. The van der Waals surface area contributed by atoms with Gasteiger partial charge >= 0.3 is 5.97 Å². The monoisotopic (exact) mass is 1070 g/mol. The Bertz CT molecular complexity index is 2040. The SMILES string of the molecule is CO[C@@H]1C[C@H](O[C@H]2CC[C@@]3(C)C(=CC[C@]4(O)C3C[C@@H](OC(=O)/C=C(\C)C(C)C)[C@]3(CC(C)=O)[C@@H](O)CC[C@@]34O)C2)O[C@H](C)[C@@H]1O[C@H]1C[C@@H](O)[C@@H](O[C@H]2C[C@@H](OC)[C@@H](O[C@@H]3O[C@H](CO)[C@@H](O)[C@H](O)[C@H]3O)[C@@H](C)O2)[C@@H](C)O1. The summed E-state index contributed by atoms with van der Waals surface area (Å²) >= 11 is 0. The van der Waals surface area contributed by atoms with E-state index >= 15 is 0 Å². The van der Waals surface area contributed by atoms with Crippen LogP contribution < -0.4 is 0 Å². The van der Waals surface area contributed by atoms with Gasteiger partial charge in [-0.25, -0.2) is 4.79 Å². The Hall–Kier alpha value is -2.10. The molecule has 0 radical (unpaired) electrons. The summed E-state index contributed by atoms with van der Waals surface area (Å²) in [6.07, 6.45) is -12.5. The number of methoxy groups -OCH3 is 2. The van der Waals surface area contributed by atoms with Crippen LogP contribution in [0.2, 0.25) is 0 Å². The Kier molecular flexibility index (Phi) is 18.2. The van der Waals surface area contributed by atoms with Crippen molar-refractivity contribution < 1.29 is 103 Å². The van der Waals surface area contributed by atoms with E-state index in [1.54, 1.807) is 21.0 Å². The van der Waals surface area contributed by atoms with E-state index < -0.39 is 157 Å². The molecule has 4 heterocycles. The number of rotatable bonds is 16. The molecular weight excluding hydrogens is 985 g/mol. The zero-order valence-electron chi connectivity index (χ0n) is 45.2. The molecule has 0 aromatic carbocycles. The largest absolute Gasteiger partial charge is 0.458 e. The second-order valence-electron chi connectivity index (χ2n) is 23.5. The molecule has 8 N–H and O–H groups in total. The van der Waals surface area contributed by atoms with Crippen LogP contribution in [0.25, 0.3) is 0 Å². The Labute approximate surface area is 440 Å². The fourth-order valence-corrected chi connectivity index (χ4v) is 14.2. The fourth-order valence-electron chi connectivity index (χ4n) is 14.2. The molecule has 0 aromatic rings. The van der Waals surface area contributed by atoms with Crippen molar-refractivity contribution in [1.29, 1.82) is 0 Å². The van der Waals surface area contributed by atoms with Gasteiger partial charge in [0.05, 0.1) is 60.9 Å². The first-order chi connectivity index (χ1) is 35.3. The summed E-state index contributed by atoms with van der Waals surface area (Å²) < 4.78 is 68.0. The number of esters is 1. The predicted octanol–water partition coefficient (Wildman–Crippen LogP) is 1.76. The lowest BCUT2D eigenvalue weighted by atomic mass is 9.42. The van der Waals surface area contributed by atoms with Crippen LogP contribution >= 0.6 is 0 Å². The highest BCUT2D eigenvalue weighted by Gasteiger charge is 2.78. The van der Waals surface area contributed by atoms with Crippen LogP contribution in [0.3, 0.4) is 0 Å². The van der Waals surface area contributed by atoms with Crippen molar-refractivity contribution in [2.45, 2.75) is 260 Å². The van der Waals surface area contributed by atoms with Gasteiger partial charge in [0, 0.05) is 51.9 Å². The third-order valence-corrected chi connectivity index (χ3v) is 18.7. The molecule has 8 rings (SSSR count). The van der Waals surface area contributed by atoms with E-state index in [-0.39, 0.29) is 62.8 Å². The van der Waals surface area contributed by atoms with Crippen molar-refractivity contribution in [2.24, 2.45) is 22.7 Å². The van der Waals surface area contributed by atoms with Gasteiger partial charge in [-0.05, 0) is 90.9 Å². The number of Topliss-reactive ketones (excluding diaryl/α,β-unsaturated/α-hetero) is 1. The highest BCUT2D eigenvalue weighted by molar-refractivity contribution is 5.83. The molecule has 3 saturated carbocycles. The van der Waals surface area contributed by atoms with E-state index in [1.165, 1.54) is 20.1 Å². The maximum atomic E-state index is 13.6. The molecule has 0 spiro atoms. The number of ether oxygens (including phenoxy) is 11. The first-order valence-corrected chi connectivity index (χ1v) is 27.2. The number of fused-ring (bicyclic) bond motifs is 5. The fraction of sp³-hybridized carbons (Fsp3) is 0.889. The second kappa shape index (κ2) is 23.2. The average molecular weight is 1070 g/mol. The smallest absolute Gasteiger partial charge is 0.330 e. The molecule has 25 atom stereocenters. The van der Waals surface area contributed by atoms with Crippen molar-refractivity contribution >= 4 is 11.8 Å². The molecule has 0 aromatic heterocycles. The second-order valence-corrected chi connectivity index (χ2v) is 23.5. The van der Waals surface area contributed by atoms with Gasteiger partial charge in [-0.15, -0.1) is 0 Å². The summed E-state index contributed by atoms with van der Waals surface area (Å²) in [6.45, 7) is 14.0. The summed E-state index contributed by atoms with van der Waals surface area (Å²) in [5.74, 6) is -1.38. The zero-order valence-corrected chi connectivity index (χ0v) is 45.2. The van der Waals surface area contributed by atoms with Crippen LogP contribution in [0.1, 0.15) is 126 Å². The molecule has 75 heavy (non-hydrogen) atoms. The van der Waals surface area contributed by atoms with Gasteiger partial charge in [-0.3, -0.25) is 0 Å². The normalized spacial score (nSPS) is 49.3. The maximum absolute atomic E-state index is 13.6. The van der Waals surface area contributed by atoms with Crippen LogP contribution in [0.5, 0.6) is 0 Å². The highest BCUT2D eigenvalue weighted by Crippen LogP contribution is 2.70. The van der Waals surface area contributed by atoms with Crippen molar-refractivity contribution in [3.05, 3.63) is 23.3 Å². The Morgan fingerprint density at radius 3 is 1.93 bits per heavy atom. The van der Waals surface area contributed by atoms with E-state index in [0.29, 0.717) is 25.7 Å². The van der Waals surface area contributed by atoms with Crippen LogP contribution in [0.4, 0.5) is 0 Å². The lowest BCUT2D eigenvalue weighted by Crippen LogP contribution is -2.77. The molecule has 4 aliphatic heterocycles. The average Bonchev–Trinajstić information content (AvgIpc) is 3.70. The lowest BCUT2D eigenvalue weighted by Gasteiger charge is -2.66. The maximum Gasteiger partial charge on any atom is 0.330 e. The summed E-state index contributed by atoms with van der Waals surface area (Å²) in [6, 6.07) is 0. The van der Waals surface area contributed by atoms with Crippen molar-refractivity contribution in [3.63, 3.8) is 0 Å². The van der Waals surface area contributed by atoms with E-state index in [9.17, 15) is 50.4 Å². The molecule has 7 fully saturated rings. The van der Waals surface area contributed by atoms with Gasteiger partial charge in [0.1, 0.15) is 65.8 Å². The van der Waals surface area contributed by atoms with Crippen molar-refractivity contribution in [2.75, 3.05) is 20.8 Å². The van der Waals surface area contributed by atoms with Gasteiger partial charge in [0.2, 0.25) is 0 Å². The van der Waals surface area contributed by atoms with Gasteiger partial charge in [0.25, 0.3) is 0 Å². The van der Waals surface area contributed by atoms with E-state index in [0.717, 1.165) is 11.1 Å². The molecule has 21 nitrogen and oxygen atoms in total. The molecular formula is C54H86O21. The van der Waals surface area contributed by atoms with Crippen molar-refractivity contribution in [1.82, 2.24) is 0 Å². The van der Waals surface area contributed by atoms with Gasteiger partial charge in [-0.1, -0.05) is 38.0 Å². The number of carbonyl (C=O) groups excluding carboxylic acids is 2. The number of hydrogen-bond donors (Lipinski definition) is 8. The summed E-state index contributed by atoms with van der Waals surface area (Å²) in [5.41, 5.74) is -4.01. The van der Waals surface area contributed by atoms with Gasteiger partial charge < -0.3 is 97.8 Å². The van der Waals surface area contributed by atoms with Crippen LogP contribution in [-0.4, -0.2) is 207 Å². The third-order valence-electron chi connectivity index (χ3n) is 18.7. The summed E-state index contributed by atoms with van der Waals surface area (Å²) in [7, 11) is 3.07. The van der Waals surface area contributed by atoms with Crippen LogP contribution in [0.15, 0.2) is 23.3 Å². The predicted molar refractivity (Wildman–Crippen MR) is 262 cm³/mol. The number of ketones is 1. The molecule has 0 bridgehead atoms. The number of hydrogen-bond acceptors (Lipinski definition) is 21. The van der Waals surface area contributed by atoms with E-state index in [2.05, 4.69) is 6.92 Å². The molecule has 4 saturated heterocycles. The van der Waals surface area contributed by atoms with Crippen LogP contribution in [-0.2, 0) is 61.7 Å². The number of carbonyl (C=O) groups is 2. The third kappa shape index (κ3) is 11.0. The molecule has 8 aliphatic rings. The van der Waals surface area contributed by atoms with Crippen LogP contribution in [0, 0.1) is 22.7 Å². The Balaban J connectivity index is 0.868. The molecule has 428 valence electrons. The topological polar surface area (TPSA) is 298 Å². The minimum absolute atomic E-state index is 0.0451. The molecule has 4 aliphatic carbocycles. The Morgan fingerprint density at radius 1 is 0.760 bits per heavy atom. The zero-order chi connectivity index (χ0) is 54.7. The number of aliphatic hydroxyl groups is 8. The highest BCUT2D eigenvalue weighted by atomic mass is 16.8. The van der Waals surface area contributed by atoms with E-state index in [4.69, 9.17) is 52.1 Å². The van der Waals surface area contributed by atoms with Gasteiger partial charge in [0.15, 0.2) is 25.2 Å². The standard InChI is InChI=1S/C54H86O21/c1-25(2)26(3)17-40(59)72-39-22-37-51(8)14-12-32(18-31(51)11-15-53(37,63)54(64)16-13-38(58)52(39,54)23-27(4)56)70-42-20-34(65-9)48(29(6)68-42)74-41-19-33(57)47(28(5)67-41)73-43-21-35(66-10)49(30(7)69-43)75-50-46(62)45(61)44(60)36(24-55)71-50/h11,17,25,28-30,32-39,41-50,55,57-58,60-64H,12-16,18-24H2,1-10H3/b26-17+/t28-,29-,30-,32+,33-,34-,35-,36-,37?,38+,39-,41+,42+,43+,44-,45+,46-,47+,48+,49+,50+,51+,52+,53+,54-/m1/s1. The minimum Gasteiger partial charge on any atom is -0.458 e. The number of aliphatic hydroxyl groups excluding tert-OH is 6. The number of allylic oxidation sites excluding steroid dienone is 1. The lowest BCUT2D eigenvalue weighted by molar-refractivity contribution is -0.356. The minimum atomic E-state index is -1.92. The molecule has 21 heteroatoms. The quantitative estimate of drug-likeness (QED) is 0.0621. The van der Waals surface area contributed by atoms with E-state index in [1.807, 2.05) is 33.8 Å². The Morgan fingerprint density at radius 2 is 1.35 bits per heavy atom. The molecule has 1 unspecified atom stereocenters. The van der Waals surface area contributed by atoms with Gasteiger partial charge in [-0.2, -0.15) is 0 Å². The summed E-state index contributed by atoms with van der Waals surface area (Å²) in [4.78, 5) is 26.6.